The van der Waals surface area contributed by atoms with E-state index in [0.717, 1.165) is 16.7 Å². The van der Waals surface area contributed by atoms with Crippen LogP contribution >= 0.6 is 11.6 Å². The van der Waals surface area contributed by atoms with Crippen LogP contribution in [0.3, 0.4) is 0 Å². The minimum atomic E-state index is -3.78. The first-order valence-corrected chi connectivity index (χ1v) is 13.1. The number of hydrogen-bond acceptors (Lipinski definition) is 4. The van der Waals surface area contributed by atoms with Gasteiger partial charge in [-0.3, -0.25) is 4.79 Å². The SMILES string of the molecule is O=C(COc1ccc(S(=O)(=O)NCc2ccccc2)cc1Cl)NC(c1ccccc1)c1ccccc1. The van der Waals surface area contributed by atoms with Gasteiger partial charge in [0, 0.05) is 6.54 Å². The number of carbonyl (C=O) groups is 1. The van der Waals surface area contributed by atoms with Gasteiger partial charge in [0.05, 0.1) is 16.0 Å². The molecule has 0 aliphatic carbocycles. The summed E-state index contributed by atoms with van der Waals surface area (Å²) in [6, 6.07) is 32.3. The fourth-order valence-corrected chi connectivity index (χ4v) is 4.96. The predicted molar refractivity (Wildman–Crippen MR) is 140 cm³/mol. The molecule has 0 unspecified atom stereocenters. The molecule has 0 atom stereocenters. The Morgan fingerprint density at radius 2 is 1.36 bits per heavy atom. The summed E-state index contributed by atoms with van der Waals surface area (Å²) >= 11 is 6.28. The van der Waals surface area contributed by atoms with Crippen LogP contribution in [0.2, 0.25) is 5.02 Å². The Balaban J connectivity index is 1.39. The van der Waals surface area contributed by atoms with Crippen LogP contribution in [0.5, 0.6) is 5.75 Å². The van der Waals surface area contributed by atoms with Gasteiger partial charge in [-0.15, -0.1) is 0 Å². The predicted octanol–water partition coefficient (Wildman–Crippen LogP) is 5.10. The topological polar surface area (TPSA) is 84.5 Å². The lowest BCUT2D eigenvalue weighted by atomic mass is 9.99. The van der Waals surface area contributed by atoms with Crippen LogP contribution in [0.15, 0.2) is 114 Å². The van der Waals surface area contributed by atoms with Crippen molar-refractivity contribution in [1.29, 1.82) is 0 Å². The van der Waals surface area contributed by atoms with E-state index >= 15 is 0 Å². The molecule has 4 aromatic carbocycles. The van der Waals surface area contributed by atoms with Crippen LogP contribution in [-0.2, 0) is 21.4 Å². The zero-order valence-corrected chi connectivity index (χ0v) is 20.9. The Labute approximate surface area is 216 Å². The number of benzene rings is 4. The molecule has 0 aromatic heterocycles. The zero-order valence-electron chi connectivity index (χ0n) is 19.3. The fourth-order valence-electron chi connectivity index (χ4n) is 3.62. The third kappa shape index (κ3) is 6.73. The van der Waals surface area contributed by atoms with Crippen molar-refractivity contribution < 1.29 is 17.9 Å². The third-order valence-corrected chi connectivity index (χ3v) is 7.15. The minimum absolute atomic E-state index is 0.00783. The van der Waals surface area contributed by atoms with E-state index in [0.29, 0.717) is 0 Å². The van der Waals surface area contributed by atoms with E-state index in [2.05, 4.69) is 10.0 Å². The van der Waals surface area contributed by atoms with Crippen molar-refractivity contribution in [3.05, 3.63) is 131 Å². The average Bonchev–Trinajstić information content (AvgIpc) is 2.91. The molecule has 4 aromatic rings. The van der Waals surface area contributed by atoms with Gasteiger partial charge in [-0.1, -0.05) is 103 Å². The Morgan fingerprint density at radius 3 is 1.92 bits per heavy atom. The van der Waals surface area contributed by atoms with Gasteiger partial charge in [0.2, 0.25) is 10.0 Å². The van der Waals surface area contributed by atoms with Gasteiger partial charge in [-0.2, -0.15) is 0 Å². The van der Waals surface area contributed by atoms with Crippen LogP contribution in [0, 0.1) is 0 Å². The first-order valence-electron chi connectivity index (χ1n) is 11.3. The average molecular weight is 521 g/mol. The van der Waals surface area contributed by atoms with Gasteiger partial charge >= 0.3 is 0 Å². The van der Waals surface area contributed by atoms with Gasteiger partial charge < -0.3 is 10.1 Å². The van der Waals surface area contributed by atoms with Crippen molar-refractivity contribution in [3.63, 3.8) is 0 Å². The highest BCUT2D eigenvalue weighted by molar-refractivity contribution is 7.89. The van der Waals surface area contributed by atoms with E-state index in [4.69, 9.17) is 16.3 Å². The van der Waals surface area contributed by atoms with Crippen molar-refractivity contribution in [2.45, 2.75) is 17.5 Å². The monoisotopic (exact) mass is 520 g/mol. The second kappa shape index (κ2) is 11.9. The molecule has 0 aliphatic heterocycles. The molecule has 0 saturated heterocycles. The third-order valence-electron chi connectivity index (χ3n) is 5.45. The summed E-state index contributed by atoms with van der Waals surface area (Å²) in [5.74, 6) is -0.130. The molecule has 0 saturated carbocycles. The fraction of sp³-hybridized carbons (Fsp3) is 0.107. The maximum atomic E-state index is 12.7. The molecular weight excluding hydrogens is 496 g/mol. The van der Waals surface area contributed by atoms with E-state index in [1.165, 1.54) is 18.2 Å². The Bertz CT molecular complexity index is 1360. The van der Waals surface area contributed by atoms with E-state index < -0.39 is 10.0 Å². The maximum absolute atomic E-state index is 12.7. The lowest BCUT2D eigenvalue weighted by Gasteiger charge is -2.20. The molecule has 0 radical (unpaired) electrons. The lowest BCUT2D eigenvalue weighted by Crippen LogP contribution is -2.33. The summed E-state index contributed by atoms with van der Waals surface area (Å²) in [5, 5.41) is 3.09. The van der Waals surface area contributed by atoms with Gasteiger partial charge in [0.25, 0.3) is 5.91 Å². The second-order valence-corrected chi connectivity index (χ2v) is 10.2. The number of nitrogens with one attached hydrogen (secondary N) is 2. The highest BCUT2D eigenvalue weighted by atomic mass is 35.5. The van der Waals surface area contributed by atoms with Crippen molar-refractivity contribution in [1.82, 2.24) is 10.0 Å². The van der Waals surface area contributed by atoms with Gasteiger partial charge in [0.1, 0.15) is 5.75 Å². The first kappa shape index (κ1) is 25.4. The highest BCUT2D eigenvalue weighted by Gasteiger charge is 2.19. The van der Waals surface area contributed by atoms with E-state index in [1.807, 2.05) is 91.0 Å². The standard InChI is InChI=1S/C28H25ClN2O4S/c29-25-18-24(36(33,34)30-19-21-10-4-1-5-11-21)16-17-26(25)35-20-27(32)31-28(22-12-6-2-7-13-22)23-14-8-3-9-15-23/h1-18,28,30H,19-20H2,(H,31,32). The smallest absolute Gasteiger partial charge is 0.258 e. The van der Waals surface area contributed by atoms with Gasteiger partial charge in [-0.25, -0.2) is 13.1 Å². The summed E-state index contributed by atoms with van der Waals surface area (Å²) in [7, 11) is -3.78. The summed E-state index contributed by atoms with van der Waals surface area (Å²) in [5.41, 5.74) is 2.71. The number of sulfonamides is 1. The number of rotatable bonds is 10. The van der Waals surface area contributed by atoms with Gasteiger partial charge in [-0.05, 0) is 34.9 Å². The van der Waals surface area contributed by atoms with Gasteiger partial charge in [0.15, 0.2) is 6.61 Å². The molecule has 2 N–H and O–H groups in total. The number of ether oxygens (including phenoxy) is 1. The Hall–Kier alpha value is -3.65. The molecule has 8 heteroatoms. The van der Waals surface area contributed by atoms with Crippen LogP contribution in [-0.4, -0.2) is 20.9 Å². The minimum Gasteiger partial charge on any atom is -0.482 e. The molecule has 6 nitrogen and oxygen atoms in total. The van der Waals surface area contributed by atoms with Crippen LogP contribution in [0.4, 0.5) is 0 Å². The normalized spacial score (nSPS) is 11.3. The molecule has 1 amide bonds. The quantitative estimate of drug-likeness (QED) is 0.304. The highest BCUT2D eigenvalue weighted by Crippen LogP contribution is 2.28. The zero-order chi connectivity index (χ0) is 25.4. The van der Waals surface area contributed by atoms with Crippen molar-refractivity contribution in [2.75, 3.05) is 6.61 Å². The maximum Gasteiger partial charge on any atom is 0.258 e. The number of amides is 1. The van der Waals surface area contributed by atoms with E-state index in [-0.39, 0.29) is 40.8 Å². The summed E-state index contributed by atoms with van der Waals surface area (Å²) in [6.45, 7) is -0.128. The lowest BCUT2D eigenvalue weighted by molar-refractivity contribution is -0.123. The molecule has 36 heavy (non-hydrogen) atoms. The Morgan fingerprint density at radius 1 is 0.806 bits per heavy atom. The summed E-state index contributed by atoms with van der Waals surface area (Å²) in [4.78, 5) is 12.8. The Kier molecular flexibility index (Phi) is 8.38. The van der Waals surface area contributed by atoms with Crippen molar-refractivity contribution in [3.8, 4) is 5.75 Å². The summed E-state index contributed by atoms with van der Waals surface area (Å²) < 4.78 is 33.5. The van der Waals surface area contributed by atoms with Crippen LogP contribution < -0.4 is 14.8 Å². The van der Waals surface area contributed by atoms with Crippen LogP contribution in [0.1, 0.15) is 22.7 Å². The van der Waals surface area contributed by atoms with Crippen molar-refractivity contribution >= 4 is 27.5 Å². The molecule has 0 fully saturated rings. The number of carbonyl (C=O) groups excluding carboxylic acids is 1. The molecule has 0 spiro atoms. The summed E-state index contributed by atoms with van der Waals surface area (Å²) in [6.07, 6.45) is 0. The second-order valence-electron chi connectivity index (χ2n) is 8.01. The van der Waals surface area contributed by atoms with E-state index in [1.54, 1.807) is 0 Å². The van der Waals surface area contributed by atoms with Crippen molar-refractivity contribution in [2.24, 2.45) is 0 Å². The van der Waals surface area contributed by atoms with Crippen LogP contribution in [0.25, 0.3) is 0 Å². The molecule has 0 bridgehead atoms. The first-order chi connectivity index (χ1) is 17.4. The molecular formula is C28H25ClN2O4S. The largest absolute Gasteiger partial charge is 0.482 e. The number of halogens is 1. The molecule has 184 valence electrons. The molecule has 0 aliphatic rings. The molecule has 0 heterocycles. The van der Waals surface area contributed by atoms with E-state index in [9.17, 15) is 13.2 Å². The molecule has 4 rings (SSSR count). The number of hydrogen-bond donors (Lipinski definition) is 2.